The zero-order valence-electron chi connectivity index (χ0n) is 14.0. The third-order valence-corrected chi connectivity index (χ3v) is 5.07. The van der Waals surface area contributed by atoms with Crippen molar-refractivity contribution in [3.8, 4) is 0 Å². The van der Waals surface area contributed by atoms with Crippen molar-refractivity contribution >= 4 is 32.8 Å². The molecule has 1 aromatic heterocycles. The summed E-state index contributed by atoms with van der Waals surface area (Å²) < 4.78 is 24.5. The van der Waals surface area contributed by atoms with Gasteiger partial charge in [0.25, 0.3) is 21.3 Å². The molecular weight excluding hydrogens is 372 g/mol. The Kier molecular flexibility index (Phi) is 4.74. The number of nitrogens with one attached hydrogen (secondary N) is 2. The van der Waals surface area contributed by atoms with Crippen molar-refractivity contribution in [3.63, 3.8) is 0 Å². The lowest BCUT2D eigenvalue weighted by atomic mass is 10.2. The zero-order valence-corrected chi connectivity index (χ0v) is 14.9. The average Bonchev–Trinajstić information content (AvgIpc) is 2.62. The van der Waals surface area contributed by atoms with E-state index in [-0.39, 0.29) is 16.1 Å². The maximum atomic E-state index is 12.3. The van der Waals surface area contributed by atoms with Crippen molar-refractivity contribution in [1.29, 1.82) is 0 Å². The molecular formula is C17H14N4O5S. The van der Waals surface area contributed by atoms with Crippen LogP contribution in [0.25, 0.3) is 10.9 Å². The predicted molar refractivity (Wildman–Crippen MR) is 100 cm³/mol. The van der Waals surface area contributed by atoms with Gasteiger partial charge in [-0.2, -0.15) is 13.5 Å². The van der Waals surface area contributed by atoms with Crippen LogP contribution in [0.4, 0.5) is 5.69 Å². The van der Waals surface area contributed by atoms with Crippen molar-refractivity contribution < 1.29 is 13.3 Å². The molecule has 0 unspecified atom stereocenters. The van der Waals surface area contributed by atoms with E-state index in [4.69, 9.17) is 0 Å². The summed E-state index contributed by atoms with van der Waals surface area (Å²) in [7, 11) is -4.12. The normalized spacial score (nSPS) is 11.7. The Bertz CT molecular complexity index is 1230. The van der Waals surface area contributed by atoms with Gasteiger partial charge in [0.05, 0.1) is 21.6 Å². The Balaban J connectivity index is 1.87. The molecule has 2 aromatic carbocycles. The molecule has 0 aliphatic heterocycles. The number of pyridine rings is 1. The van der Waals surface area contributed by atoms with Crippen LogP contribution < -0.4 is 10.4 Å². The van der Waals surface area contributed by atoms with E-state index in [0.717, 1.165) is 17.7 Å². The van der Waals surface area contributed by atoms with E-state index in [1.54, 1.807) is 30.3 Å². The second-order valence-electron chi connectivity index (χ2n) is 5.70. The number of nitro benzene ring substituents is 1. The summed E-state index contributed by atoms with van der Waals surface area (Å²) in [6, 6.07) is 12.2. The number of sulfonamides is 1. The number of nitrogens with zero attached hydrogens (tertiary/aromatic N) is 2. The van der Waals surface area contributed by atoms with Crippen LogP contribution in [0, 0.1) is 17.0 Å². The number of aromatic amines is 1. The molecule has 2 N–H and O–H groups in total. The monoisotopic (exact) mass is 386 g/mol. The van der Waals surface area contributed by atoms with E-state index >= 15 is 0 Å². The van der Waals surface area contributed by atoms with Crippen LogP contribution in [0.5, 0.6) is 0 Å². The molecule has 9 nitrogen and oxygen atoms in total. The molecule has 27 heavy (non-hydrogen) atoms. The number of aryl methyl sites for hydroxylation is 1. The lowest BCUT2D eigenvalue weighted by Gasteiger charge is -2.04. The molecule has 0 atom stereocenters. The van der Waals surface area contributed by atoms with Crippen LogP contribution in [0.2, 0.25) is 0 Å². The molecule has 0 aliphatic carbocycles. The van der Waals surface area contributed by atoms with E-state index in [9.17, 15) is 23.3 Å². The fraction of sp³-hybridized carbons (Fsp3) is 0.0588. The Hall–Kier alpha value is -3.53. The van der Waals surface area contributed by atoms with E-state index in [1.165, 1.54) is 19.1 Å². The quantitative estimate of drug-likeness (QED) is 0.393. The minimum absolute atomic E-state index is 0.159. The van der Waals surface area contributed by atoms with Gasteiger partial charge in [-0.05, 0) is 30.5 Å². The molecule has 0 amide bonds. The van der Waals surface area contributed by atoms with Crippen LogP contribution >= 0.6 is 0 Å². The highest BCUT2D eigenvalue weighted by Gasteiger charge is 2.19. The van der Waals surface area contributed by atoms with E-state index < -0.39 is 20.5 Å². The highest BCUT2D eigenvalue weighted by molar-refractivity contribution is 7.89. The Morgan fingerprint density at radius 2 is 1.93 bits per heavy atom. The van der Waals surface area contributed by atoms with Crippen molar-refractivity contribution in [2.45, 2.75) is 11.8 Å². The van der Waals surface area contributed by atoms with E-state index in [0.29, 0.717) is 11.1 Å². The summed E-state index contributed by atoms with van der Waals surface area (Å²) in [6.45, 7) is 1.51. The second kappa shape index (κ2) is 7.00. The molecule has 0 spiro atoms. The highest BCUT2D eigenvalue weighted by Crippen LogP contribution is 2.22. The highest BCUT2D eigenvalue weighted by atomic mass is 32.2. The second-order valence-corrected chi connectivity index (χ2v) is 7.36. The first kappa shape index (κ1) is 18.3. The SMILES string of the molecule is Cc1ccc(S(=O)(=O)N/N=C/c2cc3ccccc3[nH]c2=O)cc1[N+](=O)[O-]. The Morgan fingerprint density at radius 3 is 2.67 bits per heavy atom. The van der Waals surface area contributed by atoms with Crippen molar-refractivity contribution in [3.05, 3.63) is 80.1 Å². The van der Waals surface area contributed by atoms with Crippen LogP contribution in [0.1, 0.15) is 11.1 Å². The van der Waals surface area contributed by atoms with Crippen LogP contribution in [0.3, 0.4) is 0 Å². The number of hydrogen-bond donors (Lipinski definition) is 2. The maximum Gasteiger partial charge on any atom is 0.276 e. The van der Waals surface area contributed by atoms with Gasteiger partial charge in [-0.3, -0.25) is 14.9 Å². The number of rotatable bonds is 5. The minimum atomic E-state index is -4.12. The maximum absolute atomic E-state index is 12.3. The molecule has 0 radical (unpaired) electrons. The summed E-state index contributed by atoms with van der Waals surface area (Å²) in [6.07, 6.45) is 1.07. The lowest BCUT2D eigenvalue weighted by Crippen LogP contribution is -2.20. The van der Waals surface area contributed by atoms with Crippen molar-refractivity contribution in [2.75, 3.05) is 0 Å². The molecule has 0 fully saturated rings. The Morgan fingerprint density at radius 1 is 1.19 bits per heavy atom. The average molecular weight is 386 g/mol. The molecule has 0 bridgehead atoms. The van der Waals surface area contributed by atoms with Gasteiger partial charge < -0.3 is 4.98 Å². The first-order valence-corrected chi connectivity index (χ1v) is 9.18. The number of nitro groups is 1. The van der Waals surface area contributed by atoms with Gasteiger partial charge in [-0.15, -0.1) is 0 Å². The zero-order chi connectivity index (χ0) is 19.6. The first-order valence-electron chi connectivity index (χ1n) is 7.70. The molecule has 3 aromatic rings. The van der Waals surface area contributed by atoms with Gasteiger partial charge in [-0.1, -0.05) is 24.3 Å². The topological polar surface area (TPSA) is 135 Å². The molecule has 0 saturated heterocycles. The van der Waals surface area contributed by atoms with Crippen LogP contribution in [0.15, 0.2) is 63.3 Å². The third kappa shape index (κ3) is 3.85. The van der Waals surface area contributed by atoms with Crippen LogP contribution in [-0.2, 0) is 10.0 Å². The predicted octanol–water partition coefficient (Wildman–Crippen LogP) is 2.06. The van der Waals surface area contributed by atoms with Crippen LogP contribution in [-0.4, -0.2) is 24.5 Å². The number of para-hydroxylation sites is 1. The third-order valence-electron chi connectivity index (χ3n) is 3.85. The van der Waals surface area contributed by atoms with Gasteiger partial charge in [-0.25, -0.2) is 4.83 Å². The number of hydrazone groups is 1. The number of H-pyrrole nitrogens is 1. The first-order chi connectivity index (χ1) is 12.8. The molecule has 10 heteroatoms. The van der Waals surface area contributed by atoms with Crippen molar-refractivity contribution in [2.24, 2.45) is 5.10 Å². The Labute approximate surface area is 153 Å². The largest absolute Gasteiger partial charge is 0.321 e. The standard InChI is InChI=1S/C17H14N4O5S/c1-11-6-7-14(9-16(11)21(23)24)27(25,26)20-18-10-13-8-12-4-2-3-5-15(12)19-17(13)22/h2-10,20H,1H3,(H,19,22)/b18-10+. The molecule has 1 heterocycles. The van der Waals surface area contributed by atoms with E-state index in [2.05, 4.69) is 10.1 Å². The minimum Gasteiger partial charge on any atom is -0.321 e. The summed E-state index contributed by atoms with van der Waals surface area (Å²) >= 11 is 0. The number of benzene rings is 2. The number of fused-ring (bicyclic) bond motifs is 1. The molecule has 138 valence electrons. The smallest absolute Gasteiger partial charge is 0.276 e. The van der Waals surface area contributed by atoms with Gasteiger partial charge in [0.15, 0.2) is 0 Å². The summed E-state index contributed by atoms with van der Waals surface area (Å²) in [5.41, 5.74) is 0.402. The molecule has 0 saturated carbocycles. The fourth-order valence-corrected chi connectivity index (χ4v) is 3.24. The summed E-state index contributed by atoms with van der Waals surface area (Å²) in [5, 5.41) is 15.3. The lowest BCUT2D eigenvalue weighted by molar-refractivity contribution is -0.385. The van der Waals surface area contributed by atoms with Gasteiger partial charge in [0, 0.05) is 17.1 Å². The van der Waals surface area contributed by atoms with E-state index in [1.807, 2.05) is 4.83 Å². The summed E-state index contributed by atoms with van der Waals surface area (Å²) in [5.74, 6) is 0. The number of hydrogen-bond acceptors (Lipinski definition) is 6. The van der Waals surface area contributed by atoms with Gasteiger partial charge in [0.2, 0.25) is 0 Å². The van der Waals surface area contributed by atoms with Gasteiger partial charge >= 0.3 is 0 Å². The molecule has 3 rings (SSSR count). The summed E-state index contributed by atoms with van der Waals surface area (Å²) in [4.78, 5) is 26.6. The van der Waals surface area contributed by atoms with Crippen molar-refractivity contribution in [1.82, 2.24) is 9.82 Å². The molecule has 0 aliphatic rings. The van der Waals surface area contributed by atoms with Gasteiger partial charge in [0.1, 0.15) is 0 Å². The number of aromatic nitrogens is 1. The fourth-order valence-electron chi connectivity index (χ4n) is 2.43.